The van der Waals surface area contributed by atoms with E-state index in [-0.39, 0.29) is 57.1 Å². The van der Waals surface area contributed by atoms with Gasteiger partial charge in [0.25, 0.3) is 5.89 Å². The molecule has 0 atom stereocenters. The largest absolute Gasteiger partial charge is 0.481 e. The smallest absolute Gasteiger partial charge is 0.417 e. The highest BCUT2D eigenvalue weighted by Gasteiger charge is 2.32. The molecule has 3 aromatic heterocycles. The number of carboxylic acids is 1. The Morgan fingerprint density at radius 3 is 2.56 bits per heavy atom. The number of aliphatic carboxylic acids is 1. The first kappa shape index (κ1) is 22.0. The van der Waals surface area contributed by atoms with Crippen LogP contribution in [0.15, 0.2) is 35.1 Å². The molecule has 7 nitrogen and oxygen atoms in total. The van der Waals surface area contributed by atoms with Crippen molar-refractivity contribution in [2.24, 2.45) is 0 Å². The Labute approximate surface area is 186 Å². The first-order valence-corrected chi connectivity index (χ1v) is 9.58. The molecule has 32 heavy (non-hydrogen) atoms. The minimum Gasteiger partial charge on any atom is -0.481 e. The molecule has 0 fully saturated rings. The lowest BCUT2D eigenvalue weighted by Crippen LogP contribution is -2.06. The number of alkyl halides is 3. The van der Waals surface area contributed by atoms with Gasteiger partial charge in [-0.15, -0.1) is 0 Å². The first-order chi connectivity index (χ1) is 15.0. The van der Waals surface area contributed by atoms with Gasteiger partial charge in [0.15, 0.2) is 5.65 Å². The number of carbonyl (C=O) groups is 1. The summed E-state index contributed by atoms with van der Waals surface area (Å²) >= 11 is 12.1. The zero-order chi connectivity index (χ0) is 23.2. The van der Waals surface area contributed by atoms with Crippen molar-refractivity contribution in [2.75, 3.05) is 0 Å². The Morgan fingerprint density at radius 2 is 1.88 bits per heavy atom. The molecule has 4 aromatic rings. The van der Waals surface area contributed by atoms with Gasteiger partial charge in [-0.1, -0.05) is 28.4 Å². The number of halogens is 6. The second-order valence-electron chi connectivity index (χ2n) is 6.67. The Bertz CT molecular complexity index is 1350. The number of carboxylic acid groups (broad SMARTS) is 1. The lowest BCUT2D eigenvalue weighted by Gasteiger charge is -2.07. The van der Waals surface area contributed by atoms with Crippen molar-refractivity contribution in [3.63, 3.8) is 0 Å². The van der Waals surface area contributed by atoms with Crippen LogP contribution in [-0.4, -0.2) is 30.6 Å². The average molecular weight is 489 g/mol. The van der Waals surface area contributed by atoms with Gasteiger partial charge in [0, 0.05) is 18.8 Å². The lowest BCUT2D eigenvalue weighted by atomic mass is 10.1. The van der Waals surface area contributed by atoms with Crippen molar-refractivity contribution in [2.45, 2.75) is 19.0 Å². The maximum atomic E-state index is 14.4. The number of hydrogen-bond acceptors (Lipinski definition) is 5. The van der Waals surface area contributed by atoms with Gasteiger partial charge < -0.3 is 14.0 Å². The number of aryl methyl sites for hydroxylation is 1. The van der Waals surface area contributed by atoms with Gasteiger partial charge in [0.05, 0.1) is 21.2 Å². The number of rotatable bonds is 5. The SMILES string of the molecule is O=C(O)CCc1cc(Cl)c(-c2nc(-c3cn4cc(C(F)(F)F)cc(Cl)c4n3)no2)cc1F. The molecule has 0 amide bonds. The molecule has 166 valence electrons. The van der Waals surface area contributed by atoms with E-state index in [0.29, 0.717) is 0 Å². The molecule has 1 N–H and O–H groups in total. The third kappa shape index (κ3) is 4.26. The lowest BCUT2D eigenvalue weighted by molar-refractivity contribution is -0.138. The molecule has 13 heteroatoms. The van der Waals surface area contributed by atoms with Crippen LogP contribution in [0.3, 0.4) is 0 Å². The summed E-state index contributed by atoms with van der Waals surface area (Å²) in [5.74, 6) is -2.03. The Hall–Kier alpha value is -3.18. The number of aromatic nitrogens is 4. The molecule has 0 radical (unpaired) electrons. The fourth-order valence-electron chi connectivity index (χ4n) is 2.94. The first-order valence-electron chi connectivity index (χ1n) is 8.82. The van der Waals surface area contributed by atoms with Gasteiger partial charge in [-0.2, -0.15) is 18.2 Å². The molecule has 0 aliphatic rings. The fraction of sp³-hybridized carbons (Fsp3) is 0.158. The minimum absolute atomic E-state index is 0.0490. The predicted molar refractivity (Wildman–Crippen MR) is 105 cm³/mol. The highest BCUT2D eigenvalue weighted by atomic mass is 35.5. The second-order valence-corrected chi connectivity index (χ2v) is 7.49. The molecule has 0 spiro atoms. The van der Waals surface area contributed by atoms with Crippen molar-refractivity contribution in [3.8, 4) is 23.0 Å². The summed E-state index contributed by atoms with van der Waals surface area (Å²) in [5, 5.41) is 12.3. The summed E-state index contributed by atoms with van der Waals surface area (Å²) in [5.41, 5.74) is -0.679. The van der Waals surface area contributed by atoms with E-state index in [0.717, 1.165) is 22.7 Å². The third-order valence-corrected chi connectivity index (χ3v) is 5.05. The quantitative estimate of drug-likeness (QED) is 0.371. The number of hydrogen-bond donors (Lipinski definition) is 1. The van der Waals surface area contributed by atoms with Crippen LogP contribution in [0.4, 0.5) is 17.6 Å². The summed E-state index contributed by atoms with van der Waals surface area (Å²) in [6.07, 6.45) is -2.87. The van der Waals surface area contributed by atoms with E-state index in [2.05, 4.69) is 15.1 Å². The summed E-state index contributed by atoms with van der Waals surface area (Å²) in [6, 6.07) is 3.05. The van der Waals surface area contributed by atoms with Gasteiger partial charge >= 0.3 is 12.1 Å². The molecule has 0 aliphatic heterocycles. The number of nitrogens with zero attached hydrogens (tertiary/aromatic N) is 4. The molecule has 3 heterocycles. The maximum Gasteiger partial charge on any atom is 0.417 e. The van der Waals surface area contributed by atoms with Crippen LogP contribution < -0.4 is 0 Å². The Morgan fingerprint density at radius 1 is 1.12 bits per heavy atom. The fourth-order valence-corrected chi connectivity index (χ4v) is 3.47. The van der Waals surface area contributed by atoms with Crippen LogP contribution in [0.1, 0.15) is 17.5 Å². The van der Waals surface area contributed by atoms with Crippen LogP contribution >= 0.6 is 23.2 Å². The van der Waals surface area contributed by atoms with Crippen LogP contribution in [-0.2, 0) is 17.4 Å². The highest BCUT2D eigenvalue weighted by Crippen LogP contribution is 2.34. The molecule has 0 saturated heterocycles. The van der Waals surface area contributed by atoms with Gasteiger partial charge in [-0.05, 0) is 30.2 Å². The van der Waals surface area contributed by atoms with Crippen LogP contribution in [0.5, 0.6) is 0 Å². The van der Waals surface area contributed by atoms with Crippen molar-refractivity contribution in [1.82, 2.24) is 19.5 Å². The number of benzene rings is 1. The minimum atomic E-state index is -4.60. The summed E-state index contributed by atoms with van der Waals surface area (Å²) in [6.45, 7) is 0. The van der Waals surface area contributed by atoms with E-state index in [1.54, 1.807) is 0 Å². The molecular formula is C19H10Cl2F4N4O3. The predicted octanol–water partition coefficient (Wildman–Crippen LogP) is 5.53. The number of fused-ring (bicyclic) bond motifs is 1. The maximum absolute atomic E-state index is 14.4. The monoisotopic (exact) mass is 488 g/mol. The zero-order valence-electron chi connectivity index (χ0n) is 15.6. The molecule has 1 aromatic carbocycles. The van der Waals surface area contributed by atoms with Crippen molar-refractivity contribution >= 4 is 34.8 Å². The summed E-state index contributed by atoms with van der Waals surface area (Å²) in [4.78, 5) is 18.9. The number of pyridine rings is 1. The molecule has 0 aliphatic carbocycles. The Balaban J connectivity index is 1.68. The Kier molecular flexibility index (Phi) is 5.55. The molecule has 0 bridgehead atoms. The van der Waals surface area contributed by atoms with E-state index in [1.807, 2.05) is 0 Å². The summed E-state index contributed by atoms with van der Waals surface area (Å²) < 4.78 is 59.5. The van der Waals surface area contributed by atoms with Gasteiger partial charge in [0.2, 0.25) is 5.82 Å². The van der Waals surface area contributed by atoms with E-state index >= 15 is 0 Å². The van der Waals surface area contributed by atoms with Gasteiger partial charge in [-0.3, -0.25) is 4.79 Å². The zero-order valence-corrected chi connectivity index (χ0v) is 17.1. The van der Waals surface area contributed by atoms with E-state index in [4.69, 9.17) is 32.8 Å². The highest BCUT2D eigenvalue weighted by molar-refractivity contribution is 6.33. The molecule has 0 saturated carbocycles. The molecule has 4 rings (SSSR count). The van der Waals surface area contributed by atoms with Crippen molar-refractivity contribution in [3.05, 3.63) is 57.6 Å². The average Bonchev–Trinajstić information content (AvgIpc) is 3.34. The van der Waals surface area contributed by atoms with E-state index in [9.17, 15) is 22.4 Å². The van der Waals surface area contributed by atoms with Crippen molar-refractivity contribution in [1.29, 1.82) is 0 Å². The normalized spacial score (nSPS) is 11.9. The molecular weight excluding hydrogens is 479 g/mol. The summed E-state index contributed by atoms with van der Waals surface area (Å²) in [7, 11) is 0. The van der Waals surface area contributed by atoms with Crippen LogP contribution in [0.25, 0.3) is 28.6 Å². The van der Waals surface area contributed by atoms with Crippen LogP contribution in [0.2, 0.25) is 10.0 Å². The third-order valence-electron chi connectivity index (χ3n) is 4.46. The van der Waals surface area contributed by atoms with Gasteiger partial charge in [0.1, 0.15) is 11.5 Å². The standard InChI is InChI=1S/C19H10Cl2F4N4O3/c20-11-3-8(1-2-15(30)31)13(22)5-10(11)18-27-16(28-32-18)14-7-29-6-9(19(23,24)25)4-12(21)17(29)26-14/h3-7H,1-2H2,(H,30,31). The van der Waals surface area contributed by atoms with E-state index < -0.39 is 23.5 Å². The van der Waals surface area contributed by atoms with Crippen LogP contribution in [0, 0.1) is 5.82 Å². The number of imidazole rings is 1. The van der Waals surface area contributed by atoms with Crippen molar-refractivity contribution < 1.29 is 32.0 Å². The van der Waals surface area contributed by atoms with E-state index in [1.165, 1.54) is 12.3 Å². The topological polar surface area (TPSA) is 93.5 Å². The molecule has 0 unspecified atom stereocenters. The van der Waals surface area contributed by atoms with Gasteiger partial charge in [-0.25, -0.2) is 9.37 Å². The second kappa shape index (κ2) is 8.06.